The summed E-state index contributed by atoms with van der Waals surface area (Å²) < 4.78 is 7.53. The van der Waals surface area contributed by atoms with Gasteiger partial charge in [-0.25, -0.2) is 14.3 Å². The maximum Gasteiger partial charge on any atom is 0.347 e. The van der Waals surface area contributed by atoms with E-state index in [9.17, 15) is 4.79 Å². The van der Waals surface area contributed by atoms with E-state index >= 15 is 0 Å². The molecule has 0 spiro atoms. The highest BCUT2D eigenvalue weighted by Crippen LogP contribution is 2.23. The molecule has 0 aliphatic rings. The third-order valence-electron chi connectivity index (χ3n) is 3.97. The number of benzene rings is 2. The Kier molecular flexibility index (Phi) is 4.04. The Labute approximate surface area is 149 Å². The summed E-state index contributed by atoms with van der Waals surface area (Å²) in [5, 5.41) is 0.952. The maximum atomic E-state index is 12.3. The lowest BCUT2D eigenvalue weighted by Crippen LogP contribution is -2.33. The predicted octanol–water partition coefficient (Wildman–Crippen LogP) is 3.84. The zero-order chi connectivity index (χ0) is 17.2. The van der Waals surface area contributed by atoms with Crippen LogP contribution in [0.1, 0.15) is 5.56 Å². The number of rotatable bonds is 3. The fourth-order valence-corrected chi connectivity index (χ4v) is 2.93. The SMILES string of the molecule is O=c1oc(-c2ccccc2C[n+]2ccccc2)nc2cc(Cl)ccc12. The lowest BCUT2D eigenvalue weighted by Gasteiger charge is -2.06. The summed E-state index contributed by atoms with van der Waals surface area (Å²) >= 11 is 6.03. The van der Waals surface area contributed by atoms with Gasteiger partial charge < -0.3 is 4.42 Å². The largest absolute Gasteiger partial charge is 0.403 e. The van der Waals surface area contributed by atoms with E-state index in [1.165, 1.54) is 0 Å². The van der Waals surface area contributed by atoms with Gasteiger partial charge in [0, 0.05) is 28.3 Å². The average molecular weight is 350 g/mol. The van der Waals surface area contributed by atoms with Crippen LogP contribution in [0.2, 0.25) is 5.02 Å². The van der Waals surface area contributed by atoms with Crippen LogP contribution >= 0.6 is 11.6 Å². The standard InChI is InChI=1S/C20H14ClN2O2/c21-15-8-9-17-18(12-15)22-19(25-20(17)24)16-7-3-2-6-14(16)13-23-10-4-1-5-11-23/h1-12H,13H2/q+1. The second-order valence-corrected chi connectivity index (χ2v) is 6.11. The van der Waals surface area contributed by atoms with Crippen LogP contribution in [0.3, 0.4) is 0 Å². The highest BCUT2D eigenvalue weighted by molar-refractivity contribution is 6.31. The minimum absolute atomic E-state index is 0.298. The molecular weight excluding hydrogens is 336 g/mol. The molecule has 2 aromatic carbocycles. The smallest absolute Gasteiger partial charge is 0.347 e. The van der Waals surface area contributed by atoms with Crippen molar-refractivity contribution in [3.05, 3.63) is 94.1 Å². The highest BCUT2D eigenvalue weighted by atomic mass is 35.5. The zero-order valence-electron chi connectivity index (χ0n) is 13.2. The van der Waals surface area contributed by atoms with E-state index in [0.29, 0.717) is 28.4 Å². The summed E-state index contributed by atoms with van der Waals surface area (Å²) in [7, 11) is 0. The zero-order valence-corrected chi connectivity index (χ0v) is 14.0. The fourth-order valence-electron chi connectivity index (χ4n) is 2.76. The van der Waals surface area contributed by atoms with E-state index in [0.717, 1.165) is 11.1 Å². The van der Waals surface area contributed by atoms with E-state index in [4.69, 9.17) is 16.0 Å². The summed E-state index contributed by atoms with van der Waals surface area (Å²) in [5.41, 5.74) is 1.91. The first kappa shape index (κ1) is 15.5. The maximum absolute atomic E-state index is 12.3. The van der Waals surface area contributed by atoms with Crippen LogP contribution in [0.25, 0.3) is 22.4 Å². The van der Waals surface area contributed by atoms with Crippen LogP contribution in [0.4, 0.5) is 0 Å². The Morgan fingerprint density at radius 2 is 1.80 bits per heavy atom. The number of nitrogens with zero attached hydrogens (tertiary/aromatic N) is 2. The number of pyridine rings is 1. The van der Waals surface area contributed by atoms with E-state index in [1.54, 1.807) is 18.2 Å². The molecule has 0 amide bonds. The number of hydrogen-bond donors (Lipinski definition) is 0. The fraction of sp³-hybridized carbons (Fsp3) is 0.0500. The minimum atomic E-state index is -0.418. The Balaban J connectivity index is 1.85. The molecule has 4 rings (SSSR count). The summed E-state index contributed by atoms with van der Waals surface area (Å²) in [5.74, 6) is 0.298. The Hall–Kier alpha value is -2.98. The van der Waals surface area contributed by atoms with Gasteiger partial charge in [-0.2, -0.15) is 0 Å². The molecule has 25 heavy (non-hydrogen) atoms. The third-order valence-corrected chi connectivity index (χ3v) is 4.20. The van der Waals surface area contributed by atoms with Gasteiger partial charge in [0.15, 0.2) is 18.9 Å². The van der Waals surface area contributed by atoms with Gasteiger partial charge >= 0.3 is 5.63 Å². The number of fused-ring (bicyclic) bond motifs is 1. The molecule has 5 heteroatoms. The van der Waals surface area contributed by atoms with Gasteiger partial charge in [0.2, 0.25) is 5.89 Å². The second kappa shape index (κ2) is 6.49. The van der Waals surface area contributed by atoms with Crippen molar-refractivity contribution in [2.45, 2.75) is 6.54 Å². The monoisotopic (exact) mass is 349 g/mol. The van der Waals surface area contributed by atoms with Gasteiger partial charge in [-0.05, 0) is 24.3 Å². The van der Waals surface area contributed by atoms with Crippen molar-refractivity contribution in [3.63, 3.8) is 0 Å². The van der Waals surface area contributed by atoms with E-state index in [-0.39, 0.29) is 0 Å². The average Bonchev–Trinajstić information content (AvgIpc) is 2.62. The number of halogens is 1. The van der Waals surface area contributed by atoms with Crippen molar-refractivity contribution in [2.24, 2.45) is 0 Å². The quantitative estimate of drug-likeness (QED) is 0.528. The third kappa shape index (κ3) is 3.16. The van der Waals surface area contributed by atoms with Crippen LogP contribution in [-0.2, 0) is 6.54 Å². The van der Waals surface area contributed by atoms with Crippen molar-refractivity contribution in [2.75, 3.05) is 0 Å². The number of aromatic nitrogens is 2. The molecule has 0 saturated carbocycles. The van der Waals surface area contributed by atoms with Crippen molar-refractivity contribution in [1.29, 1.82) is 0 Å². The Morgan fingerprint density at radius 3 is 2.64 bits per heavy atom. The molecule has 0 bridgehead atoms. The van der Waals surface area contributed by atoms with Crippen LogP contribution in [0.15, 0.2) is 82.3 Å². The molecule has 2 aromatic heterocycles. The lowest BCUT2D eigenvalue weighted by molar-refractivity contribution is -0.688. The molecule has 2 heterocycles. The molecule has 4 nitrogen and oxygen atoms in total. The molecule has 0 N–H and O–H groups in total. The Morgan fingerprint density at radius 1 is 1.00 bits per heavy atom. The van der Waals surface area contributed by atoms with Gasteiger partial charge in [0.05, 0.1) is 10.9 Å². The minimum Gasteiger partial charge on any atom is -0.403 e. The molecule has 0 atom stereocenters. The molecule has 4 aromatic rings. The first-order valence-electron chi connectivity index (χ1n) is 7.83. The van der Waals surface area contributed by atoms with Gasteiger partial charge in [0.1, 0.15) is 0 Å². The molecule has 0 fully saturated rings. The van der Waals surface area contributed by atoms with Crippen molar-refractivity contribution in [3.8, 4) is 11.5 Å². The lowest BCUT2D eigenvalue weighted by atomic mass is 10.1. The molecule has 122 valence electrons. The van der Waals surface area contributed by atoms with Gasteiger partial charge in [-0.15, -0.1) is 0 Å². The summed E-state index contributed by atoms with van der Waals surface area (Å²) in [6.07, 6.45) is 3.97. The molecule has 0 aliphatic carbocycles. The predicted molar refractivity (Wildman–Crippen MR) is 96.5 cm³/mol. The number of hydrogen-bond acceptors (Lipinski definition) is 3. The molecule has 0 saturated heterocycles. The Bertz CT molecular complexity index is 1110. The van der Waals surface area contributed by atoms with E-state index < -0.39 is 5.63 Å². The molecule has 0 unspecified atom stereocenters. The molecule has 0 radical (unpaired) electrons. The highest BCUT2D eigenvalue weighted by Gasteiger charge is 2.14. The van der Waals surface area contributed by atoms with E-state index in [2.05, 4.69) is 9.55 Å². The van der Waals surface area contributed by atoms with Crippen molar-refractivity contribution in [1.82, 2.24) is 4.98 Å². The first-order valence-corrected chi connectivity index (χ1v) is 8.21. The molecular formula is C20H14ClN2O2+. The van der Waals surface area contributed by atoms with Crippen molar-refractivity contribution < 1.29 is 8.98 Å². The summed E-state index contributed by atoms with van der Waals surface area (Å²) in [6, 6.07) is 18.6. The summed E-state index contributed by atoms with van der Waals surface area (Å²) in [4.78, 5) is 16.8. The normalized spacial score (nSPS) is 10.9. The van der Waals surface area contributed by atoms with Crippen molar-refractivity contribution >= 4 is 22.5 Å². The molecule has 0 aliphatic heterocycles. The van der Waals surface area contributed by atoms with Gasteiger partial charge in [0.25, 0.3) is 0 Å². The van der Waals surface area contributed by atoms with Crippen LogP contribution in [0.5, 0.6) is 0 Å². The van der Waals surface area contributed by atoms with E-state index in [1.807, 2.05) is 54.9 Å². The van der Waals surface area contributed by atoms with Gasteiger partial charge in [-0.3, -0.25) is 0 Å². The first-order chi connectivity index (χ1) is 12.2. The summed E-state index contributed by atoms with van der Waals surface area (Å²) in [6.45, 7) is 0.649. The second-order valence-electron chi connectivity index (χ2n) is 5.67. The van der Waals surface area contributed by atoms with Crippen LogP contribution in [0, 0.1) is 0 Å². The topological polar surface area (TPSA) is 47.0 Å². The van der Waals surface area contributed by atoms with Crippen LogP contribution in [-0.4, -0.2) is 4.98 Å². The van der Waals surface area contributed by atoms with Crippen LogP contribution < -0.4 is 10.2 Å². The van der Waals surface area contributed by atoms with Gasteiger partial charge in [-0.1, -0.05) is 35.9 Å².